The first-order valence-corrected chi connectivity index (χ1v) is 7.03. The number of hydrogen-bond acceptors (Lipinski definition) is 0. The summed E-state index contributed by atoms with van der Waals surface area (Å²) in [7, 11) is 0. The summed E-state index contributed by atoms with van der Waals surface area (Å²) in [6.07, 6.45) is 6.09. The van der Waals surface area contributed by atoms with Gasteiger partial charge in [-0.1, -0.05) is 40.5 Å². The molecule has 15 heavy (non-hydrogen) atoms. The second kappa shape index (κ2) is 3.02. The van der Waals surface area contributed by atoms with Crippen LogP contribution in [0.15, 0.2) is 0 Å². The number of hydrogen-bond donors (Lipinski definition) is 0. The average Bonchev–Trinajstić information content (AvgIpc) is 2.55. The molecular formula is C15H26. The Morgan fingerprint density at radius 1 is 0.867 bits per heavy atom. The lowest BCUT2D eigenvalue weighted by molar-refractivity contribution is 0.202. The Kier molecular flexibility index (Phi) is 2.05. The lowest BCUT2D eigenvalue weighted by Gasteiger charge is -2.28. The third-order valence-electron chi connectivity index (χ3n) is 6.32. The van der Waals surface area contributed by atoms with Crippen LogP contribution in [0.2, 0.25) is 0 Å². The lowest BCUT2D eigenvalue weighted by atomic mass is 9.77. The van der Waals surface area contributed by atoms with E-state index in [9.17, 15) is 0 Å². The zero-order valence-corrected chi connectivity index (χ0v) is 10.8. The zero-order chi connectivity index (χ0) is 10.8. The van der Waals surface area contributed by atoms with Gasteiger partial charge in [-0.05, 0) is 53.8 Å². The molecule has 0 aliphatic heterocycles. The molecular weight excluding hydrogens is 180 g/mol. The summed E-state index contributed by atoms with van der Waals surface area (Å²) in [5.41, 5.74) is 0.696. The highest BCUT2D eigenvalue weighted by atomic mass is 14.7. The van der Waals surface area contributed by atoms with E-state index in [2.05, 4.69) is 27.7 Å². The molecule has 0 heterocycles. The van der Waals surface area contributed by atoms with E-state index in [1.54, 1.807) is 0 Å². The Morgan fingerprint density at radius 2 is 1.53 bits per heavy atom. The lowest BCUT2D eigenvalue weighted by Crippen LogP contribution is -2.22. The standard InChI is InChI=1S/C15H26/c1-9-6-8-12-14(15(12,3)4)13-10(2)5-7-11(9)13/h9-14H,5-8H2,1-4H3/t9?,10-,11+,12-,13-,14-/m1/s1. The molecule has 0 spiro atoms. The van der Waals surface area contributed by atoms with E-state index in [0.29, 0.717) is 5.41 Å². The minimum absolute atomic E-state index is 0.696. The molecule has 0 nitrogen and oxygen atoms in total. The van der Waals surface area contributed by atoms with Crippen molar-refractivity contribution >= 4 is 0 Å². The van der Waals surface area contributed by atoms with E-state index < -0.39 is 0 Å². The Hall–Kier alpha value is 0. The van der Waals surface area contributed by atoms with Gasteiger partial charge in [0.2, 0.25) is 0 Å². The maximum Gasteiger partial charge on any atom is -0.0289 e. The third-order valence-corrected chi connectivity index (χ3v) is 6.32. The fourth-order valence-electron chi connectivity index (χ4n) is 5.31. The normalized spacial score (nSPS) is 56.8. The Labute approximate surface area is 94.8 Å². The molecule has 86 valence electrons. The van der Waals surface area contributed by atoms with Gasteiger partial charge in [-0.2, -0.15) is 0 Å². The zero-order valence-electron chi connectivity index (χ0n) is 10.8. The van der Waals surface area contributed by atoms with Gasteiger partial charge in [0.15, 0.2) is 0 Å². The molecule has 3 saturated carbocycles. The van der Waals surface area contributed by atoms with Gasteiger partial charge in [0, 0.05) is 0 Å². The van der Waals surface area contributed by atoms with Crippen LogP contribution in [0.3, 0.4) is 0 Å². The quantitative estimate of drug-likeness (QED) is 0.553. The fraction of sp³-hybridized carbons (Fsp3) is 1.00. The highest BCUT2D eigenvalue weighted by Gasteiger charge is 2.64. The molecule has 0 radical (unpaired) electrons. The summed E-state index contributed by atoms with van der Waals surface area (Å²) < 4.78 is 0. The topological polar surface area (TPSA) is 0 Å². The van der Waals surface area contributed by atoms with Crippen LogP contribution in [0.5, 0.6) is 0 Å². The van der Waals surface area contributed by atoms with Crippen molar-refractivity contribution in [3.63, 3.8) is 0 Å². The highest BCUT2D eigenvalue weighted by molar-refractivity contribution is 5.12. The monoisotopic (exact) mass is 206 g/mol. The van der Waals surface area contributed by atoms with Crippen LogP contribution in [0.1, 0.15) is 53.4 Å². The molecule has 0 bridgehead atoms. The van der Waals surface area contributed by atoms with Crippen molar-refractivity contribution in [2.24, 2.45) is 40.9 Å². The molecule has 3 aliphatic carbocycles. The summed E-state index contributed by atoms with van der Waals surface area (Å²) in [6, 6.07) is 0. The molecule has 3 rings (SSSR count). The Bertz CT molecular complexity index is 265. The summed E-state index contributed by atoms with van der Waals surface area (Å²) >= 11 is 0. The molecule has 1 unspecified atom stereocenters. The van der Waals surface area contributed by atoms with Gasteiger partial charge in [-0.25, -0.2) is 0 Å². The van der Waals surface area contributed by atoms with E-state index >= 15 is 0 Å². The van der Waals surface area contributed by atoms with Gasteiger partial charge < -0.3 is 0 Å². The molecule has 3 fully saturated rings. The van der Waals surface area contributed by atoms with Crippen molar-refractivity contribution in [1.82, 2.24) is 0 Å². The molecule has 0 aromatic heterocycles. The van der Waals surface area contributed by atoms with Crippen molar-refractivity contribution in [3.8, 4) is 0 Å². The third kappa shape index (κ3) is 1.26. The van der Waals surface area contributed by atoms with Gasteiger partial charge >= 0.3 is 0 Å². The number of fused-ring (bicyclic) bond motifs is 3. The van der Waals surface area contributed by atoms with Gasteiger partial charge in [0.25, 0.3) is 0 Å². The van der Waals surface area contributed by atoms with Crippen LogP contribution in [0, 0.1) is 40.9 Å². The summed E-state index contributed by atoms with van der Waals surface area (Å²) in [5, 5.41) is 0. The molecule has 0 saturated heterocycles. The SMILES string of the molecule is CC1CC[C@@H]2[C@H]([C@@H]3[C@H](C)CC[C@@H]13)C2(C)C. The van der Waals surface area contributed by atoms with Crippen LogP contribution in [-0.4, -0.2) is 0 Å². The first-order valence-electron chi connectivity index (χ1n) is 7.03. The molecule has 3 aliphatic rings. The largest absolute Gasteiger partial charge is 0.0622 e. The minimum Gasteiger partial charge on any atom is -0.0622 e. The fourth-order valence-corrected chi connectivity index (χ4v) is 5.31. The number of rotatable bonds is 0. The highest BCUT2D eigenvalue weighted by Crippen LogP contribution is 2.70. The Morgan fingerprint density at radius 3 is 2.27 bits per heavy atom. The van der Waals surface area contributed by atoms with Crippen molar-refractivity contribution < 1.29 is 0 Å². The van der Waals surface area contributed by atoms with Gasteiger partial charge in [-0.3, -0.25) is 0 Å². The predicted molar refractivity (Wildman–Crippen MR) is 64.5 cm³/mol. The molecule has 0 N–H and O–H groups in total. The van der Waals surface area contributed by atoms with Crippen LogP contribution in [0.4, 0.5) is 0 Å². The van der Waals surface area contributed by atoms with Crippen LogP contribution in [0.25, 0.3) is 0 Å². The van der Waals surface area contributed by atoms with Crippen LogP contribution < -0.4 is 0 Å². The molecule has 0 amide bonds. The van der Waals surface area contributed by atoms with Crippen LogP contribution >= 0.6 is 0 Å². The van der Waals surface area contributed by atoms with Crippen molar-refractivity contribution in [1.29, 1.82) is 0 Å². The van der Waals surface area contributed by atoms with E-state index in [1.807, 2.05) is 0 Å². The van der Waals surface area contributed by atoms with E-state index in [-0.39, 0.29) is 0 Å². The molecule has 0 heteroatoms. The second-order valence-electron chi connectivity index (χ2n) is 7.30. The first-order chi connectivity index (χ1) is 7.03. The Balaban J connectivity index is 1.90. The molecule has 0 aromatic carbocycles. The average molecular weight is 206 g/mol. The van der Waals surface area contributed by atoms with Crippen molar-refractivity contribution in [3.05, 3.63) is 0 Å². The minimum atomic E-state index is 0.696. The van der Waals surface area contributed by atoms with Crippen molar-refractivity contribution in [2.45, 2.75) is 53.4 Å². The summed E-state index contributed by atoms with van der Waals surface area (Å²) in [4.78, 5) is 0. The van der Waals surface area contributed by atoms with E-state index in [4.69, 9.17) is 0 Å². The molecule has 0 aromatic rings. The summed E-state index contributed by atoms with van der Waals surface area (Å²) in [5.74, 6) is 6.37. The predicted octanol–water partition coefficient (Wildman–Crippen LogP) is 4.35. The van der Waals surface area contributed by atoms with Gasteiger partial charge in [-0.15, -0.1) is 0 Å². The first kappa shape index (κ1) is 10.2. The maximum atomic E-state index is 2.53. The van der Waals surface area contributed by atoms with E-state index in [1.165, 1.54) is 25.7 Å². The van der Waals surface area contributed by atoms with Gasteiger partial charge in [0.05, 0.1) is 0 Å². The van der Waals surface area contributed by atoms with Crippen molar-refractivity contribution in [2.75, 3.05) is 0 Å². The van der Waals surface area contributed by atoms with Crippen LogP contribution in [-0.2, 0) is 0 Å². The summed E-state index contributed by atoms with van der Waals surface area (Å²) in [6.45, 7) is 10.1. The smallest absolute Gasteiger partial charge is 0.0289 e. The van der Waals surface area contributed by atoms with E-state index in [0.717, 1.165) is 35.5 Å². The van der Waals surface area contributed by atoms with Gasteiger partial charge in [0.1, 0.15) is 0 Å². The molecule has 6 atom stereocenters. The second-order valence-corrected chi connectivity index (χ2v) is 7.30. The maximum absolute atomic E-state index is 2.53.